The van der Waals surface area contributed by atoms with Gasteiger partial charge in [-0.2, -0.15) is 0 Å². The van der Waals surface area contributed by atoms with Crippen LogP contribution >= 0.6 is 11.6 Å². The van der Waals surface area contributed by atoms with Crippen LogP contribution in [0.5, 0.6) is 0 Å². The number of imide groups is 1. The minimum Gasteiger partial charge on any atom is -0.370 e. The number of fused-ring (bicyclic) bond motifs is 4. The van der Waals surface area contributed by atoms with Crippen molar-refractivity contribution in [3.63, 3.8) is 0 Å². The maximum atomic E-state index is 13.7. The quantitative estimate of drug-likeness (QED) is 0.580. The summed E-state index contributed by atoms with van der Waals surface area (Å²) in [6.45, 7) is 1.92. The zero-order valence-electron chi connectivity index (χ0n) is 17.9. The molecule has 4 atom stereocenters. The SMILES string of the molecule is Cc1c(Cl)ccc2c1NC(=O)[C@]21N[C@H](CCC(N)=O)[C@H]2C(=O)N(Cc3ccccc3)C(=O)[C@H]21. The highest BCUT2D eigenvalue weighted by molar-refractivity contribution is 6.32. The van der Waals surface area contributed by atoms with Crippen LogP contribution in [0.25, 0.3) is 0 Å². The largest absolute Gasteiger partial charge is 0.370 e. The van der Waals surface area contributed by atoms with Crippen molar-refractivity contribution in [2.45, 2.75) is 37.9 Å². The molecule has 5 rings (SSSR count). The molecule has 170 valence electrons. The van der Waals surface area contributed by atoms with Crippen LogP contribution in [0.3, 0.4) is 0 Å². The Balaban J connectivity index is 1.61. The molecule has 1 spiro atoms. The number of hydrogen-bond acceptors (Lipinski definition) is 5. The smallest absolute Gasteiger partial charge is 0.250 e. The van der Waals surface area contributed by atoms with E-state index in [0.717, 1.165) is 5.56 Å². The van der Waals surface area contributed by atoms with Crippen LogP contribution in [0.2, 0.25) is 5.02 Å². The highest BCUT2D eigenvalue weighted by Crippen LogP contribution is 2.54. The monoisotopic (exact) mass is 466 g/mol. The van der Waals surface area contributed by atoms with Crippen molar-refractivity contribution in [1.29, 1.82) is 0 Å². The summed E-state index contributed by atoms with van der Waals surface area (Å²) in [5.74, 6) is -3.38. The number of primary amides is 1. The third-order valence-electron chi connectivity index (χ3n) is 7.06. The fraction of sp³-hybridized carbons (Fsp3) is 0.333. The zero-order valence-corrected chi connectivity index (χ0v) is 18.7. The van der Waals surface area contributed by atoms with Crippen molar-refractivity contribution in [1.82, 2.24) is 10.2 Å². The van der Waals surface area contributed by atoms with Gasteiger partial charge < -0.3 is 11.1 Å². The van der Waals surface area contributed by atoms with Gasteiger partial charge in [-0.25, -0.2) is 0 Å². The summed E-state index contributed by atoms with van der Waals surface area (Å²) in [4.78, 5) is 53.5. The fourth-order valence-electron chi connectivity index (χ4n) is 5.52. The predicted octanol–water partition coefficient (Wildman–Crippen LogP) is 1.83. The molecule has 9 heteroatoms. The molecule has 0 saturated carbocycles. The van der Waals surface area contributed by atoms with Gasteiger partial charge in [-0.05, 0) is 30.5 Å². The fourth-order valence-corrected chi connectivity index (χ4v) is 5.67. The number of amides is 4. The average molecular weight is 467 g/mol. The second-order valence-electron chi connectivity index (χ2n) is 8.86. The molecule has 8 nitrogen and oxygen atoms in total. The van der Waals surface area contributed by atoms with Gasteiger partial charge in [0.2, 0.25) is 23.6 Å². The van der Waals surface area contributed by atoms with Crippen molar-refractivity contribution in [2.24, 2.45) is 17.6 Å². The summed E-state index contributed by atoms with van der Waals surface area (Å²) in [7, 11) is 0. The van der Waals surface area contributed by atoms with E-state index in [2.05, 4.69) is 10.6 Å². The molecule has 4 N–H and O–H groups in total. The van der Waals surface area contributed by atoms with Crippen molar-refractivity contribution >= 4 is 40.9 Å². The molecule has 0 bridgehead atoms. The second-order valence-corrected chi connectivity index (χ2v) is 9.27. The lowest BCUT2D eigenvalue weighted by atomic mass is 9.76. The third kappa shape index (κ3) is 3.08. The zero-order chi connectivity index (χ0) is 23.5. The van der Waals surface area contributed by atoms with Gasteiger partial charge >= 0.3 is 0 Å². The van der Waals surface area contributed by atoms with E-state index in [0.29, 0.717) is 21.8 Å². The molecule has 4 amide bonds. The molecular weight excluding hydrogens is 444 g/mol. The number of nitrogens with two attached hydrogens (primary N) is 1. The van der Waals surface area contributed by atoms with E-state index in [1.807, 2.05) is 30.3 Å². The van der Waals surface area contributed by atoms with Crippen LogP contribution in [0, 0.1) is 18.8 Å². The predicted molar refractivity (Wildman–Crippen MR) is 121 cm³/mol. The Hall–Kier alpha value is -3.23. The van der Waals surface area contributed by atoms with Crippen molar-refractivity contribution < 1.29 is 19.2 Å². The summed E-state index contributed by atoms with van der Waals surface area (Å²) < 4.78 is 0. The molecule has 0 unspecified atom stereocenters. The van der Waals surface area contributed by atoms with Crippen LogP contribution in [-0.2, 0) is 31.3 Å². The minimum atomic E-state index is -1.42. The van der Waals surface area contributed by atoms with Crippen LogP contribution in [-0.4, -0.2) is 34.6 Å². The van der Waals surface area contributed by atoms with Gasteiger partial charge in [0.25, 0.3) is 0 Å². The molecule has 2 aromatic carbocycles. The lowest BCUT2D eigenvalue weighted by molar-refractivity contribution is -0.143. The molecular formula is C24H23ClN4O4. The number of carbonyl (C=O) groups is 4. The number of anilines is 1. The second kappa shape index (κ2) is 7.67. The molecule has 33 heavy (non-hydrogen) atoms. The van der Waals surface area contributed by atoms with Gasteiger partial charge in [-0.1, -0.05) is 48.0 Å². The molecule has 2 saturated heterocycles. The lowest BCUT2D eigenvalue weighted by Crippen LogP contribution is -2.53. The van der Waals surface area contributed by atoms with Crippen LogP contribution in [0.15, 0.2) is 42.5 Å². The Morgan fingerprint density at radius 1 is 1.12 bits per heavy atom. The maximum absolute atomic E-state index is 13.7. The Labute approximate surface area is 195 Å². The van der Waals surface area contributed by atoms with E-state index in [4.69, 9.17) is 17.3 Å². The summed E-state index contributed by atoms with van der Waals surface area (Å²) in [5.41, 5.74) is 6.59. The number of nitrogens with one attached hydrogen (secondary N) is 2. The number of nitrogens with zero attached hydrogens (tertiary/aromatic N) is 1. The normalized spacial score (nSPS) is 27.8. The van der Waals surface area contributed by atoms with E-state index in [9.17, 15) is 19.2 Å². The lowest BCUT2D eigenvalue weighted by Gasteiger charge is -2.29. The van der Waals surface area contributed by atoms with Crippen LogP contribution in [0.4, 0.5) is 5.69 Å². The molecule has 2 fully saturated rings. The first-order valence-electron chi connectivity index (χ1n) is 10.8. The van der Waals surface area contributed by atoms with E-state index < -0.39 is 41.1 Å². The van der Waals surface area contributed by atoms with Crippen molar-refractivity contribution in [2.75, 3.05) is 5.32 Å². The van der Waals surface area contributed by atoms with Gasteiger partial charge in [0.1, 0.15) is 5.54 Å². The van der Waals surface area contributed by atoms with Gasteiger partial charge in [-0.15, -0.1) is 0 Å². The summed E-state index contributed by atoms with van der Waals surface area (Å²) >= 11 is 6.27. The van der Waals surface area contributed by atoms with E-state index in [1.165, 1.54) is 4.90 Å². The van der Waals surface area contributed by atoms with Gasteiger partial charge in [0.05, 0.1) is 24.1 Å². The van der Waals surface area contributed by atoms with E-state index in [1.54, 1.807) is 19.1 Å². The Morgan fingerprint density at radius 3 is 2.55 bits per heavy atom. The molecule has 0 radical (unpaired) electrons. The molecule has 0 aliphatic carbocycles. The topological polar surface area (TPSA) is 122 Å². The highest BCUT2D eigenvalue weighted by atomic mass is 35.5. The summed E-state index contributed by atoms with van der Waals surface area (Å²) in [6, 6.07) is 12.1. The molecule has 3 heterocycles. The number of likely N-dealkylation sites (tertiary alicyclic amines) is 1. The Bertz CT molecular complexity index is 1200. The van der Waals surface area contributed by atoms with Crippen molar-refractivity contribution in [3.05, 3.63) is 64.2 Å². The number of benzene rings is 2. The van der Waals surface area contributed by atoms with Crippen LogP contribution < -0.4 is 16.4 Å². The first-order chi connectivity index (χ1) is 15.8. The third-order valence-corrected chi connectivity index (χ3v) is 7.47. The first kappa shape index (κ1) is 21.6. The van der Waals surface area contributed by atoms with E-state index >= 15 is 0 Å². The molecule has 3 aliphatic rings. The number of rotatable bonds is 5. The summed E-state index contributed by atoms with van der Waals surface area (Å²) in [5, 5.41) is 6.66. The number of halogens is 1. The minimum absolute atomic E-state index is 0.0330. The Kier molecular flexibility index (Phi) is 5.02. The van der Waals surface area contributed by atoms with Crippen LogP contribution in [0.1, 0.15) is 29.5 Å². The molecule has 2 aromatic rings. The molecule has 0 aromatic heterocycles. The first-order valence-corrected chi connectivity index (χ1v) is 11.2. The average Bonchev–Trinajstić information content (AvgIpc) is 3.37. The maximum Gasteiger partial charge on any atom is 0.250 e. The highest BCUT2D eigenvalue weighted by Gasteiger charge is 2.70. The number of hydrogen-bond donors (Lipinski definition) is 3. The number of carbonyl (C=O) groups excluding carboxylic acids is 4. The van der Waals surface area contributed by atoms with Gasteiger partial charge in [0.15, 0.2) is 0 Å². The van der Waals surface area contributed by atoms with Gasteiger partial charge in [0, 0.05) is 23.0 Å². The van der Waals surface area contributed by atoms with Gasteiger partial charge in [-0.3, -0.25) is 29.4 Å². The van der Waals surface area contributed by atoms with E-state index in [-0.39, 0.29) is 25.3 Å². The Morgan fingerprint density at radius 2 is 1.85 bits per heavy atom. The summed E-state index contributed by atoms with van der Waals surface area (Å²) in [6.07, 6.45) is 0.275. The molecule has 3 aliphatic heterocycles. The van der Waals surface area contributed by atoms with Crippen molar-refractivity contribution in [3.8, 4) is 0 Å². The standard InChI is InChI=1S/C24H23ClN4O4/c1-12-15(25)8-7-14-20(12)27-23(33)24(14)19-18(16(28-24)9-10-17(26)30)21(31)29(22(19)32)11-13-5-3-2-4-6-13/h2-8,16,18-19,28H,9-11H2,1H3,(H2,26,30)(H,27,33)/t16-,18-,19+,24+/m1/s1.